The average molecular weight is 1170 g/mol. The summed E-state index contributed by atoms with van der Waals surface area (Å²) in [6, 6.07) is 21.0. The molecule has 24 heteroatoms. The number of ether oxygens (including phenoxy) is 12. The van der Waals surface area contributed by atoms with Gasteiger partial charge in [0.2, 0.25) is 0 Å². The lowest BCUT2D eigenvalue weighted by atomic mass is 9.71. The maximum absolute atomic E-state index is 12.2. The Morgan fingerprint density at radius 1 is 0.349 bits per heavy atom. The van der Waals surface area contributed by atoms with Crippen LogP contribution in [-0.4, -0.2) is 167 Å². The van der Waals surface area contributed by atoms with Crippen molar-refractivity contribution in [1.82, 2.24) is 0 Å². The molecule has 0 bridgehead atoms. The van der Waals surface area contributed by atoms with Crippen LogP contribution in [0.1, 0.15) is 82.9 Å². The predicted molar refractivity (Wildman–Crippen MR) is 290 cm³/mol. The molecule has 3 rings (SSSR count). The van der Waals surface area contributed by atoms with Crippen LogP contribution in [0.4, 0.5) is 0 Å². The molecule has 3 unspecified atom stereocenters. The third-order valence-corrected chi connectivity index (χ3v) is 11.3. The van der Waals surface area contributed by atoms with Crippen molar-refractivity contribution in [3.63, 3.8) is 0 Å². The molecule has 0 aliphatic heterocycles. The number of rotatable bonds is 39. The minimum absolute atomic E-state index is 0.173. The van der Waals surface area contributed by atoms with Crippen molar-refractivity contribution in [1.29, 1.82) is 0 Å². The highest BCUT2D eigenvalue weighted by Gasteiger charge is 2.32. The summed E-state index contributed by atoms with van der Waals surface area (Å²) in [6.07, 6.45) is -5.50. The maximum Gasteiger partial charge on any atom is 0.333 e. The standard InChI is InChI=1S/C59H72O24/c1-38(2)56(69)75-29-26-72-50(63)20-23-53(66)81-35-44(60)32-78-47-14-8-41(9-15-47)59(7,42-10-16-48(17-11-42)79-33-45(61)36-82-54(67)24-21-51(64)73-27-30-76-57(70)39(3)4)43-12-18-49(19-13-43)80-34-46(62)37-83-55(68)25-22-52(65)74-28-31-77-58(71)40(5)6/h8-19,44-46,60-62H,1,3,5,20-37H2,2,4,6-7H3. The van der Waals surface area contributed by atoms with Crippen LogP contribution in [0.2, 0.25) is 0 Å². The van der Waals surface area contributed by atoms with Crippen molar-refractivity contribution in [2.24, 2.45) is 0 Å². The lowest BCUT2D eigenvalue weighted by Crippen LogP contribution is -2.27. The van der Waals surface area contributed by atoms with E-state index in [-0.39, 0.29) is 115 Å². The number of esters is 9. The van der Waals surface area contributed by atoms with Crippen LogP contribution >= 0.6 is 0 Å². The first kappa shape index (κ1) is 68.7. The topological polar surface area (TPSA) is 325 Å². The zero-order valence-corrected chi connectivity index (χ0v) is 46.9. The second-order valence-corrected chi connectivity index (χ2v) is 18.6. The van der Waals surface area contributed by atoms with E-state index in [0.29, 0.717) is 17.2 Å². The highest BCUT2D eigenvalue weighted by molar-refractivity contribution is 5.88. The SMILES string of the molecule is C=C(C)C(=O)OCCOC(=O)CCC(=O)OCC(O)COc1ccc(C(C)(c2ccc(OCC(O)COC(=O)CCC(=O)OCCOC(=O)C(=C)C)cc2)c2ccc(OCC(O)COC(=O)CCC(=O)OCCOC(=O)C(=C)C)cc2)cc1. The van der Waals surface area contributed by atoms with E-state index in [1.807, 2.05) is 43.3 Å². The van der Waals surface area contributed by atoms with Gasteiger partial charge in [0.1, 0.15) is 115 Å². The van der Waals surface area contributed by atoms with Crippen molar-refractivity contribution in [2.45, 2.75) is 89.9 Å². The Morgan fingerprint density at radius 2 is 0.554 bits per heavy atom. The van der Waals surface area contributed by atoms with Gasteiger partial charge in [-0.1, -0.05) is 56.1 Å². The first-order valence-corrected chi connectivity index (χ1v) is 26.1. The van der Waals surface area contributed by atoms with Crippen LogP contribution in [0, 0.1) is 0 Å². The zero-order chi connectivity index (χ0) is 61.3. The number of benzene rings is 3. The molecule has 0 aliphatic carbocycles. The molecule has 0 aliphatic rings. The van der Waals surface area contributed by atoms with Gasteiger partial charge in [0.15, 0.2) is 0 Å². The number of aliphatic hydroxyl groups is 3. The van der Waals surface area contributed by atoms with E-state index in [4.69, 9.17) is 56.8 Å². The van der Waals surface area contributed by atoms with Crippen molar-refractivity contribution < 1.29 is 115 Å². The number of carbonyl (C=O) groups excluding carboxylic acids is 9. The minimum Gasteiger partial charge on any atom is -0.491 e. The van der Waals surface area contributed by atoms with E-state index in [0.717, 1.165) is 16.7 Å². The fraction of sp³-hybridized carbons (Fsp3) is 0.441. The van der Waals surface area contributed by atoms with Crippen LogP contribution < -0.4 is 14.2 Å². The van der Waals surface area contributed by atoms with Crippen LogP contribution in [0.3, 0.4) is 0 Å². The maximum atomic E-state index is 12.2. The zero-order valence-electron chi connectivity index (χ0n) is 46.9. The lowest BCUT2D eigenvalue weighted by molar-refractivity contribution is -0.154. The van der Waals surface area contributed by atoms with Gasteiger partial charge in [0.25, 0.3) is 0 Å². The normalized spacial score (nSPS) is 12.5. The summed E-state index contributed by atoms with van der Waals surface area (Å²) in [4.78, 5) is 107. The quantitative estimate of drug-likeness (QED) is 0.0237. The van der Waals surface area contributed by atoms with Gasteiger partial charge in [-0.25, -0.2) is 14.4 Å². The van der Waals surface area contributed by atoms with E-state index in [2.05, 4.69) is 19.7 Å². The van der Waals surface area contributed by atoms with Crippen molar-refractivity contribution in [2.75, 3.05) is 79.3 Å². The molecule has 452 valence electrons. The molecule has 3 aromatic carbocycles. The second kappa shape index (κ2) is 36.7. The molecule has 0 radical (unpaired) electrons. The lowest BCUT2D eigenvalue weighted by Gasteiger charge is -2.32. The van der Waals surface area contributed by atoms with Gasteiger partial charge in [-0.15, -0.1) is 0 Å². The molecule has 0 heterocycles. The highest BCUT2D eigenvalue weighted by Crippen LogP contribution is 2.40. The van der Waals surface area contributed by atoms with Gasteiger partial charge in [-0.2, -0.15) is 0 Å². The molecule has 0 amide bonds. The first-order valence-electron chi connectivity index (χ1n) is 26.1. The van der Waals surface area contributed by atoms with E-state index in [1.54, 1.807) is 36.4 Å². The Morgan fingerprint density at radius 3 is 0.771 bits per heavy atom. The molecule has 0 saturated carbocycles. The van der Waals surface area contributed by atoms with Crippen LogP contribution in [0.5, 0.6) is 17.2 Å². The smallest absolute Gasteiger partial charge is 0.333 e. The Hall–Kier alpha value is -8.61. The number of carbonyl (C=O) groups is 9. The summed E-state index contributed by atoms with van der Waals surface area (Å²) >= 11 is 0. The minimum atomic E-state index is -1.22. The summed E-state index contributed by atoms with van der Waals surface area (Å²) in [6.45, 7) is 13.6. The van der Waals surface area contributed by atoms with Crippen LogP contribution in [0.15, 0.2) is 109 Å². The molecule has 24 nitrogen and oxygen atoms in total. The summed E-state index contributed by atoms with van der Waals surface area (Å²) in [5.74, 6) is -5.16. The summed E-state index contributed by atoms with van der Waals surface area (Å²) in [7, 11) is 0. The summed E-state index contributed by atoms with van der Waals surface area (Å²) in [5, 5.41) is 31.5. The largest absolute Gasteiger partial charge is 0.491 e. The molecule has 3 aromatic rings. The van der Waals surface area contributed by atoms with Gasteiger partial charge < -0.3 is 72.2 Å². The monoisotopic (exact) mass is 1160 g/mol. The van der Waals surface area contributed by atoms with E-state index in [1.165, 1.54) is 20.8 Å². The molecule has 0 spiro atoms. The van der Waals surface area contributed by atoms with Crippen LogP contribution in [-0.2, 0) is 91.2 Å². The molecular formula is C59H72O24. The third-order valence-electron chi connectivity index (χ3n) is 11.3. The van der Waals surface area contributed by atoms with Gasteiger partial charge in [0, 0.05) is 22.1 Å². The average Bonchev–Trinajstić information content (AvgIpc) is 3.63. The Labute approximate surface area is 480 Å². The summed E-state index contributed by atoms with van der Waals surface area (Å²) < 4.78 is 61.9. The molecule has 0 saturated heterocycles. The van der Waals surface area contributed by atoms with E-state index >= 15 is 0 Å². The first-order chi connectivity index (χ1) is 39.5. The number of aliphatic hydroxyl groups excluding tert-OH is 3. The summed E-state index contributed by atoms with van der Waals surface area (Å²) in [5.41, 5.74) is 2.02. The van der Waals surface area contributed by atoms with Gasteiger partial charge in [-0.3, -0.25) is 28.8 Å². The molecule has 83 heavy (non-hydrogen) atoms. The molecule has 0 fully saturated rings. The van der Waals surface area contributed by atoms with Gasteiger partial charge >= 0.3 is 53.7 Å². The molecule has 3 N–H and O–H groups in total. The molecule has 3 atom stereocenters. The van der Waals surface area contributed by atoms with Crippen molar-refractivity contribution >= 4 is 53.7 Å². The van der Waals surface area contributed by atoms with Gasteiger partial charge in [-0.05, 0) is 80.8 Å². The van der Waals surface area contributed by atoms with Crippen LogP contribution in [0.25, 0.3) is 0 Å². The van der Waals surface area contributed by atoms with E-state index in [9.17, 15) is 58.5 Å². The molecular weight excluding hydrogens is 1090 g/mol. The Bertz CT molecular complexity index is 2370. The fourth-order valence-electron chi connectivity index (χ4n) is 6.73. The number of hydrogen-bond donors (Lipinski definition) is 3. The fourth-order valence-corrected chi connectivity index (χ4v) is 6.73. The van der Waals surface area contributed by atoms with E-state index < -0.39 is 97.3 Å². The number of hydrogen-bond acceptors (Lipinski definition) is 24. The second-order valence-electron chi connectivity index (χ2n) is 18.6. The Balaban J connectivity index is 1.61. The van der Waals surface area contributed by atoms with Crippen molar-refractivity contribution in [3.8, 4) is 17.2 Å². The third kappa shape index (κ3) is 27.1. The molecule has 0 aromatic heterocycles. The Kier molecular flexibility index (Phi) is 30.3. The predicted octanol–water partition coefficient (Wildman–Crippen LogP) is 4.22. The van der Waals surface area contributed by atoms with Gasteiger partial charge in [0.05, 0.1) is 38.5 Å². The van der Waals surface area contributed by atoms with Crippen molar-refractivity contribution in [3.05, 3.63) is 126 Å². The highest BCUT2D eigenvalue weighted by atomic mass is 16.6.